The summed E-state index contributed by atoms with van der Waals surface area (Å²) >= 11 is 0. The highest BCUT2D eigenvalue weighted by atomic mass is 16.5. The van der Waals surface area contributed by atoms with Crippen LogP contribution in [0.25, 0.3) is 0 Å². The molecule has 0 fully saturated rings. The number of allylic oxidation sites excluding steroid dienone is 5. The molecule has 0 aliphatic rings. The molecule has 2 heteroatoms. The van der Waals surface area contributed by atoms with Crippen LogP contribution in [0.3, 0.4) is 0 Å². The smallest absolute Gasteiger partial charge is 0.330 e. The van der Waals surface area contributed by atoms with Crippen molar-refractivity contribution in [2.24, 2.45) is 0 Å². The minimum Gasteiger partial charge on any atom is -0.466 e. The largest absolute Gasteiger partial charge is 0.466 e. The highest BCUT2D eigenvalue weighted by molar-refractivity contribution is 5.82. The molecule has 0 rings (SSSR count). The Morgan fingerprint density at radius 3 is 2.24 bits per heavy atom. The second kappa shape index (κ2) is 8.80. The first-order valence-electron chi connectivity index (χ1n) is 5.99. The molecule has 17 heavy (non-hydrogen) atoms. The molecule has 0 amide bonds. The maximum Gasteiger partial charge on any atom is 0.330 e. The maximum absolute atomic E-state index is 11.0. The zero-order valence-electron chi connectivity index (χ0n) is 11.7. The van der Waals surface area contributed by atoms with Gasteiger partial charge in [0.2, 0.25) is 0 Å². The van der Waals surface area contributed by atoms with Crippen molar-refractivity contribution < 1.29 is 9.53 Å². The normalized spacial score (nSPS) is 12.3. The molecule has 0 unspecified atom stereocenters. The van der Waals surface area contributed by atoms with E-state index in [1.807, 2.05) is 6.92 Å². The zero-order chi connectivity index (χ0) is 13.3. The molecule has 2 nitrogen and oxygen atoms in total. The lowest BCUT2D eigenvalue weighted by molar-refractivity contribution is -0.134. The van der Waals surface area contributed by atoms with Crippen LogP contribution in [0.4, 0.5) is 0 Å². The monoisotopic (exact) mass is 236 g/mol. The number of methoxy groups -OCH3 is 1. The number of carbonyl (C=O) groups excluding carboxylic acids is 1. The second-order valence-corrected chi connectivity index (χ2v) is 4.59. The summed E-state index contributed by atoms with van der Waals surface area (Å²) in [4.78, 5) is 11.0. The van der Waals surface area contributed by atoms with Gasteiger partial charge in [-0.25, -0.2) is 4.79 Å². The molecule has 0 spiro atoms. The molecule has 0 aromatic heterocycles. The van der Waals surface area contributed by atoms with Gasteiger partial charge in [-0.2, -0.15) is 0 Å². The van der Waals surface area contributed by atoms with Gasteiger partial charge in [0.15, 0.2) is 0 Å². The van der Waals surface area contributed by atoms with Crippen molar-refractivity contribution >= 4 is 5.97 Å². The maximum atomic E-state index is 11.0. The van der Waals surface area contributed by atoms with Gasteiger partial charge < -0.3 is 4.74 Å². The fraction of sp³-hybridized carbons (Fsp3) is 0.533. The molecule has 0 radical (unpaired) electrons. The third kappa shape index (κ3) is 9.61. The van der Waals surface area contributed by atoms with Crippen LogP contribution >= 0.6 is 0 Å². The van der Waals surface area contributed by atoms with E-state index in [0.717, 1.165) is 24.8 Å². The van der Waals surface area contributed by atoms with E-state index in [-0.39, 0.29) is 5.97 Å². The van der Waals surface area contributed by atoms with Crippen LogP contribution in [0.1, 0.15) is 47.0 Å². The molecular weight excluding hydrogens is 212 g/mol. The Balaban J connectivity index is 4.10. The van der Waals surface area contributed by atoms with Gasteiger partial charge in [0, 0.05) is 6.08 Å². The second-order valence-electron chi connectivity index (χ2n) is 4.59. The Hall–Kier alpha value is -1.31. The molecular formula is C15H24O2. The molecule has 96 valence electrons. The summed E-state index contributed by atoms with van der Waals surface area (Å²) in [6.45, 7) is 8.30. The van der Waals surface area contributed by atoms with Gasteiger partial charge in [0.25, 0.3) is 0 Å². The standard InChI is InChI=1S/C15H24O2/c1-12(2)7-6-8-13(3)9-10-14(4)11-15(16)17-5/h7,9,11H,6,8,10H2,1-5H3/b13-9+,14-11+. The zero-order valence-corrected chi connectivity index (χ0v) is 11.7. The Bertz CT molecular complexity index is 329. The van der Waals surface area contributed by atoms with E-state index >= 15 is 0 Å². The van der Waals surface area contributed by atoms with Crippen LogP contribution in [0.15, 0.2) is 34.9 Å². The van der Waals surface area contributed by atoms with E-state index in [2.05, 4.69) is 37.7 Å². The molecule has 0 aromatic rings. The summed E-state index contributed by atoms with van der Waals surface area (Å²) in [5, 5.41) is 0. The van der Waals surface area contributed by atoms with Gasteiger partial charge in [-0.15, -0.1) is 0 Å². The van der Waals surface area contributed by atoms with Gasteiger partial charge in [0.1, 0.15) is 0 Å². The molecule has 0 saturated heterocycles. The fourth-order valence-corrected chi connectivity index (χ4v) is 1.34. The Morgan fingerprint density at radius 2 is 1.71 bits per heavy atom. The van der Waals surface area contributed by atoms with Crippen molar-refractivity contribution in [3.05, 3.63) is 34.9 Å². The highest BCUT2D eigenvalue weighted by Gasteiger charge is 1.95. The molecule has 0 N–H and O–H groups in total. The lowest BCUT2D eigenvalue weighted by Gasteiger charge is -2.00. The number of carbonyl (C=O) groups is 1. The first-order chi connectivity index (χ1) is 7.95. The summed E-state index contributed by atoms with van der Waals surface area (Å²) in [6, 6.07) is 0. The van der Waals surface area contributed by atoms with Gasteiger partial charge in [-0.05, 0) is 47.0 Å². The topological polar surface area (TPSA) is 26.3 Å². The van der Waals surface area contributed by atoms with Crippen molar-refractivity contribution in [1.82, 2.24) is 0 Å². The molecule has 0 heterocycles. The Morgan fingerprint density at radius 1 is 1.06 bits per heavy atom. The molecule has 0 aliphatic carbocycles. The Kier molecular flexibility index (Phi) is 8.12. The first-order valence-corrected chi connectivity index (χ1v) is 5.99. The van der Waals surface area contributed by atoms with E-state index in [4.69, 9.17) is 0 Å². The van der Waals surface area contributed by atoms with Crippen molar-refractivity contribution in [3.63, 3.8) is 0 Å². The number of rotatable bonds is 6. The molecule has 0 bridgehead atoms. The van der Waals surface area contributed by atoms with E-state index < -0.39 is 0 Å². The first kappa shape index (κ1) is 15.7. The molecule has 0 atom stereocenters. The summed E-state index contributed by atoms with van der Waals surface area (Å²) < 4.78 is 4.58. The molecule has 0 aromatic carbocycles. The fourth-order valence-electron chi connectivity index (χ4n) is 1.34. The van der Waals surface area contributed by atoms with Crippen molar-refractivity contribution in [2.45, 2.75) is 47.0 Å². The van der Waals surface area contributed by atoms with Crippen LogP contribution in [-0.4, -0.2) is 13.1 Å². The lowest BCUT2D eigenvalue weighted by Crippen LogP contribution is -1.95. The number of ether oxygens (including phenoxy) is 1. The van der Waals surface area contributed by atoms with E-state index in [9.17, 15) is 4.79 Å². The van der Waals surface area contributed by atoms with Crippen molar-refractivity contribution in [2.75, 3.05) is 7.11 Å². The molecule has 0 saturated carbocycles. The van der Waals surface area contributed by atoms with Gasteiger partial charge in [-0.1, -0.05) is 28.9 Å². The van der Waals surface area contributed by atoms with Gasteiger partial charge >= 0.3 is 5.97 Å². The highest BCUT2D eigenvalue weighted by Crippen LogP contribution is 2.10. The quantitative estimate of drug-likeness (QED) is 0.393. The lowest BCUT2D eigenvalue weighted by atomic mass is 10.1. The van der Waals surface area contributed by atoms with E-state index in [1.54, 1.807) is 6.08 Å². The van der Waals surface area contributed by atoms with Crippen molar-refractivity contribution in [1.29, 1.82) is 0 Å². The van der Waals surface area contributed by atoms with E-state index in [1.165, 1.54) is 18.3 Å². The van der Waals surface area contributed by atoms with Gasteiger partial charge in [0.05, 0.1) is 7.11 Å². The summed E-state index contributed by atoms with van der Waals surface area (Å²) in [6.07, 6.45) is 8.94. The summed E-state index contributed by atoms with van der Waals surface area (Å²) in [5.41, 5.74) is 3.75. The van der Waals surface area contributed by atoms with Crippen LogP contribution in [0, 0.1) is 0 Å². The third-order valence-corrected chi connectivity index (χ3v) is 2.43. The predicted molar refractivity (Wildman–Crippen MR) is 72.8 cm³/mol. The van der Waals surface area contributed by atoms with Crippen LogP contribution < -0.4 is 0 Å². The number of esters is 1. The average Bonchev–Trinajstić information content (AvgIpc) is 2.25. The Labute approximate surface area is 105 Å². The summed E-state index contributed by atoms with van der Waals surface area (Å²) in [7, 11) is 1.40. The minimum atomic E-state index is -0.280. The number of hydrogen-bond acceptors (Lipinski definition) is 2. The third-order valence-electron chi connectivity index (χ3n) is 2.43. The molecule has 0 aliphatic heterocycles. The van der Waals surface area contributed by atoms with Crippen LogP contribution in [-0.2, 0) is 9.53 Å². The van der Waals surface area contributed by atoms with Gasteiger partial charge in [-0.3, -0.25) is 0 Å². The van der Waals surface area contributed by atoms with Crippen LogP contribution in [0.5, 0.6) is 0 Å². The average molecular weight is 236 g/mol. The summed E-state index contributed by atoms with van der Waals surface area (Å²) in [5.74, 6) is -0.280. The number of hydrogen-bond donors (Lipinski definition) is 0. The predicted octanol–water partition coefficient (Wildman–Crippen LogP) is 4.19. The van der Waals surface area contributed by atoms with E-state index in [0.29, 0.717) is 0 Å². The van der Waals surface area contributed by atoms with Crippen LogP contribution in [0.2, 0.25) is 0 Å². The minimum absolute atomic E-state index is 0.280. The van der Waals surface area contributed by atoms with Crippen molar-refractivity contribution in [3.8, 4) is 0 Å². The SMILES string of the molecule is COC(=O)/C=C(\C)C/C=C(\C)CCC=C(C)C.